The Bertz CT molecular complexity index is 489. The third-order valence-electron chi connectivity index (χ3n) is 3.10. The van der Waals surface area contributed by atoms with E-state index in [1.54, 1.807) is 0 Å². The van der Waals surface area contributed by atoms with Crippen LogP contribution in [0.25, 0.3) is 0 Å². The molecule has 1 rings (SSSR count). The van der Waals surface area contributed by atoms with E-state index in [0.29, 0.717) is 24.8 Å². The second kappa shape index (κ2) is 8.39. The Morgan fingerprint density at radius 1 is 1.43 bits per heavy atom. The third-order valence-corrected chi connectivity index (χ3v) is 3.56. The van der Waals surface area contributed by atoms with Crippen molar-refractivity contribution >= 4 is 21.9 Å². The molecule has 0 spiro atoms. The van der Waals surface area contributed by atoms with Gasteiger partial charge in [-0.15, -0.1) is 0 Å². The van der Waals surface area contributed by atoms with Gasteiger partial charge in [-0.25, -0.2) is 4.79 Å². The monoisotopic (exact) mass is 357 g/mol. The molecule has 0 radical (unpaired) electrons. The predicted octanol–water partition coefficient (Wildman–Crippen LogP) is 3.89. The molecule has 4 nitrogen and oxygen atoms in total. The lowest BCUT2D eigenvalue weighted by molar-refractivity contribution is -0.145. The Labute approximate surface area is 135 Å². The highest BCUT2D eigenvalue weighted by atomic mass is 79.9. The van der Waals surface area contributed by atoms with Crippen LogP contribution in [0.3, 0.4) is 0 Å². The number of ether oxygens (including phenoxy) is 1. The number of aliphatic carboxylic acids is 1. The molecule has 0 amide bonds. The zero-order chi connectivity index (χ0) is 16.0. The average molecular weight is 358 g/mol. The van der Waals surface area contributed by atoms with E-state index < -0.39 is 12.1 Å². The van der Waals surface area contributed by atoms with Crippen LogP contribution in [0.1, 0.15) is 44.7 Å². The fourth-order valence-electron chi connectivity index (χ4n) is 2.05. The summed E-state index contributed by atoms with van der Waals surface area (Å²) in [7, 11) is 0. The first-order valence-corrected chi connectivity index (χ1v) is 8.06. The summed E-state index contributed by atoms with van der Waals surface area (Å²) in [5.74, 6) is -0.242. The van der Waals surface area contributed by atoms with Gasteiger partial charge in [-0.1, -0.05) is 43.1 Å². The van der Waals surface area contributed by atoms with Crippen molar-refractivity contribution in [1.29, 1.82) is 0 Å². The number of rotatable bonds is 8. The van der Waals surface area contributed by atoms with E-state index in [1.165, 1.54) is 0 Å². The summed E-state index contributed by atoms with van der Waals surface area (Å²) in [5, 5.41) is 12.6. The van der Waals surface area contributed by atoms with Crippen LogP contribution < -0.4 is 10.1 Å². The van der Waals surface area contributed by atoms with Crippen molar-refractivity contribution in [2.45, 2.75) is 59.2 Å². The minimum atomic E-state index is -0.915. The smallest absolute Gasteiger partial charge is 0.344 e. The fourth-order valence-corrected chi connectivity index (χ4v) is 2.67. The minimum Gasteiger partial charge on any atom is -0.479 e. The number of halogens is 1. The first-order valence-electron chi connectivity index (χ1n) is 7.27. The zero-order valence-corrected chi connectivity index (χ0v) is 14.7. The van der Waals surface area contributed by atoms with Crippen molar-refractivity contribution in [1.82, 2.24) is 5.32 Å². The van der Waals surface area contributed by atoms with E-state index in [2.05, 4.69) is 35.1 Å². The second-order valence-electron chi connectivity index (χ2n) is 5.48. The lowest BCUT2D eigenvalue weighted by Gasteiger charge is -2.20. The van der Waals surface area contributed by atoms with Crippen molar-refractivity contribution in [2.75, 3.05) is 0 Å². The molecule has 0 aliphatic carbocycles. The van der Waals surface area contributed by atoms with Gasteiger partial charge in [-0.2, -0.15) is 0 Å². The maximum Gasteiger partial charge on any atom is 0.344 e. The van der Waals surface area contributed by atoms with Gasteiger partial charge in [0.05, 0.1) is 0 Å². The van der Waals surface area contributed by atoms with Crippen LogP contribution in [0.4, 0.5) is 0 Å². The number of carboxylic acids is 1. The number of hydrogen-bond acceptors (Lipinski definition) is 3. The summed E-state index contributed by atoms with van der Waals surface area (Å²) in [6, 6.07) is 4.27. The Kier molecular flexibility index (Phi) is 7.18. The number of carbonyl (C=O) groups is 1. The van der Waals surface area contributed by atoms with Gasteiger partial charge < -0.3 is 15.2 Å². The molecule has 0 fully saturated rings. The first-order chi connectivity index (χ1) is 9.85. The van der Waals surface area contributed by atoms with Crippen LogP contribution in [0.15, 0.2) is 16.6 Å². The molecule has 0 bridgehead atoms. The number of nitrogens with one attached hydrogen (secondary N) is 1. The van der Waals surface area contributed by atoms with E-state index in [1.807, 2.05) is 26.0 Å². The normalized spacial score (nSPS) is 12.5. The molecule has 1 aromatic carbocycles. The summed E-state index contributed by atoms with van der Waals surface area (Å²) in [5.41, 5.74) is 1.91. The molecule has 1 aromatic rings. The van der Waals surface area contributed by atoms with Gasteiger partial charge in [0.25, 0.3) is 0 Å². The summed E-state index contributed by atoms with van der Waals surface area (Å²) in [6.07, 6.45) is 0.473. The highest BCUT2D eigenvalue weighted by Gasteiger charge is 2.21. The maximum absolute atomic E-state index is 11.3. The van der Waals surface area contributed by atoms with Crippen molar-refractivity contribution < 1.29 is 14.6 Å². The molecule has 21 heavy (non-hydrogen) atoms. The van der Waals surface area contributed by atoms with Gasteiger partial charge in [0.15, 0.2) is 6.10 Å². The Balaban J connectivity index is 3.04. The largest absolute Gasteiger partial charge is 0.479 e. The Hall–Kier alpha value is -1.07. The molecule has 5 heteroatoms. The van der Waals surface area contributed by atoms with E-state index >= 15 is 0 Å². The van der Waals surface area contributed by atoms with Crippen LogP contribution >= 0.6 is 15.9 Å². The van der Waals surface area contributed by atoms with E-state index in [4.69, 9.17) is 4.74 Å². The lowest BCUT2D eigenvalue weighted by Crippen LogP contribution is -2.28. The molecular formula is C16H24BrNO3. The van der Waals surface area contributed by atoms with Crippen LogP contribution in [0.5, 0.6) is 5.75 Å². The molecule has 2 N–H and O–H groups in total. The van der Waals surface area contributed by atoms with Gasteiger partial charge in [0.1, 0.15) is 5.75 Å². The van der Waals surface area contributed by atoms with E-state index in [-0.39, 0.29) is 0 Å². The van der Waals surface area contributed by atoms with E-state index in [9.17, 15) is 9.90 Å². The minimum absolute atomic E-state index is 0.350. The van der Waals surface area contributed by atoms with Crippen molar-refractivity contribution in [3.63, 3.8) is 0 Å². The zero-order valence-electron chi connectivity index (χ0n) is 13.1. The van der Waals surface area contributed by atoms with Gasteiger partial charge in [0, 0.05) is 22.6 Å². The summed E-state index contributed by atoms with van der Waals surface area (Å²) in [6.45, 7) is 8.68. The summed E-state index contributed by atoms with van der Waals surface area (Å²) < 4.78 is 6.77. The number of hydrogen-bond donors (Lipinski definition) is 2. The quantitative estimate of drug-likeness (QED) is 0.740. The molecule has 118 valence electrons. The number of benzene rings is 1. The molecule has 0 aliphatic rings. The van der Waals surface area contributed by atoms with Crippen LogP contribution in [-0.2, 0) is 11.3 Å². The number of carboxylic acid groups (broad SMARTS) is 1. The Morgan fingerprint density at radius 2 is 2.10 bits per heavy atom. The topological polar surface area (TPSA) is 58.6 Å². The lowest BCUT2D eigenvalue weighted by atomic mass is 10.1. The van der Waals surface area contributed by atoms with Crippen LogP contribution in [-0.4, -0.2) is 23.2 Å². The molecule has 0 saturated heterocycles. The summed E-state index contributed by atoms with van der Waals surface area (Å²) in [4.78, 5) is 11.3. The molecule has 0 saturated carbocycles. The maximum atomic E-state index is 11.3. The van der Waals surface area contributed by atoms with Gasteiger partial charge in [0.2, 0.25) is 0 Å². The first kappa shape index (κ1) is 18.0. The molecular weight excluding hydrogens is 334 g/mol. The third kappa shape index (κ3) is 5.67. The highest BCUT2D eigenvalue weighted by Crippen LogP contribution is 2.29. The molecule has 0 aliphatic heterocycles. The number of aryl methyl sites for hydroxylation is 1. The molecule has 0 aromatic heterocycles. The van der Waals surface area contributed by atoms with Crippen molar-refractivity contribution in [3.05, 3.63) is 27.7 Å². The molecule has 1 atom stereocenters. The standard InChI is InChI=1S/C16H24BrNO3/c1-5-6-14(16(19)20)21-15-11(4)7-13(17)8-12(15)9-18-10(2)3/h7-8,10,14,18H,5-6,9H2,1-4H3,(H,19,20). The summed E-state index contributed by atoms with van der Waals surface area (Å²) >= 11 is 3.48. The predicted molar refractivity (Wildman–Crippen MR) is 87.8 cm³/mol. The van der Waals surface area contributed by atoms with E-state index in [0.717, 1.165) is 22.0 Å². The van der Waals surface area contributed by atoms with Gasteiger partial charge >= 0.3 is 5.97 Å². The van der Waals surface area contributed by atoms with Crippen LogP contribution in [0, 0.1) is 6.92 Å². The second-order valence-corrected chi connectivity index (χ2v) is 6.40. The molecule has 1 unspecified atom stereocenters. The average Bonchev–Trinajstić information content (AvgIpc) is 2.38. The highest BCUT2D eigenvalue weighted by molar-refractivity contribution is 9.10. The van der Waals surface area contributed by atoms with Crippen molar-refractivity contribution in [2.24, 2.45) is 0 Å². The Morgan fingerprint density at radius 3 is 2.62 bits per heavy atom. The van der Waals surface area contributed by atoms with Gasteiger partial charge in [-0.05, 0) is 31.0 Å². The fraction of sp³-hybridized carbons (Fsp3) is 0.562. The van der Waals surface area contributed by atoms with Crippen LogP contribution in [0.2, 0.25) is 0 Å². The van der Waals surface area contributed by atoms with Crippen molar-refractivity contribution in [3.8, 4) is 5.75 Å². The van der Waals surface area contributed by atoms with Gasteiger partial charge in [-0.3, -0.25) is 0 Å². The molecule has 0 heterocycles. The SMILES string of the molecule is CCCC(Oc1c(C)cc(Br)cc1CNC(C)C)C(=O)O.